The van der Waals surface area contributed by atoms with E-state index in [9.17, 15) is 43.2 Å². The number of fused-ring (bicyclic) bond motifs is 2. The van der Waals surface area contributed by atoms with Crippen molar-refractivity contribution in [3.8, 4) is 6.07 Å². The molecule has 47 heavy (non-hydrogen) atoms. The Kier molecular flexibility index (Phi) is 9.11. The molecule has 3 saturated heterocycles. The van der Waals surface area contributed by atoms with Gasteiger partial charge in [0.25, 0.3) is 11.5 Å². The fourth-order valence-electron chi connectivity index (χ4n) is 7.11. The van der Waals surface area contributed by atoms with E-state index < -0.39 is 37.4 Å². The standard InChI is InChI=1S/C32H35FN5O7PS/c1-36-11-10-18(14-28(36)39)23-17-37(16-21(23)15-34)32(42)25-8-7-22-4-2-3-5-24(31(41)38(22)25)35-30(40)27-13-20-12-19(6-9-26(20)47-27)29(33)46(43,44)45/h6,9-14,21-25,29H,2-5,7-8,16-17H2,1H3,(H,35,40)(H2,43,44,45)/t21-,22-,23+,24?,25-,29?/m0/s1. The molecule has 5 heterocycles. The number of carbonyl (C=O) groups excluding carboxylic acids is 3. The van der Waals surface area contributed by atoms with E-state index in [4.69, 9.17) is 0 Å². The van der Waals surface area contributed by atoms with Crippen LogP contribution in [0.1, 0.15) is 71.2 Å². The van der Waals surface area contributed by atoms with Crippen LogP contribution in [-0.4, -0.2) is 73.1 Å². The number of hydrogen-bond acceptors (Lipinski definition) is 7. The van der Waals surface area contributed by atoms with Crippen LogP contribution in [0.25, 0.3) is 10.1 Å². The summed E-state index contributed by atoms with van der Waals surface area (Å²) in [4.78, 5) is 75.7. The molecule has 0 aliphatic carbocycles. The quantitative estimate of drug-likeness (QED) is 0.331. The number of nitrogens with zero attached hydrogens (tertiary/aromatic N) is 4. The Hall–Kier alpha value is -3.89. The maximum absolute atomic E-state index is 14.3. The molecule has 3 aliphatic rings. The van der Waals surface area contributed by atoms with Gasteiger partial charge in [-0.2, -0.15) is 5.26 Å². The predicted molar refractivity (Wildman–Crippen MR) is 171 cm³/mol. The molecule has 15 heteroatoms. The van der Waals surface area contributed by atoms with Crippen molar-refractivity contribution in [2.45, 2.75) is 68.5 Å². The van der Waals surface area contributed by atoms with E-state index >= 15 is 0 Å². The normalized spacial score (nSPS) is 25.6. The third kappa shape index (κ3) is 6.50. The summed E-state index contributed by atoms with van der Waals surface area (Å²) in [6, 6.07) is 9.41. The van der Waals surface area contributed by atoms with E-state index in [0.717, 1.165) is 24.2 Å². The molecule has 6 rings (SSSR count). The van der Waals surface area contributed by atoms with Crippen molar-refractivity contribution in [2.75, 3.05) is 13.1 Å². The molecule has 3 amide bonds. The highest BCUT2D eigenvalue weighted by atomic mass is 32.1. The Labute approximate surface area is 273 Å². The second kappa shape index (κ2) is 13.0. The predicted octanol–water partition coefficient (Wildman–Crippen LogP) is 3.54. The van der Waals surface area contributed by atoms with Crippen LogP contribution < -0.4 is 10.9 Å². The van der Waals surface area contributed by atoms with Gasteiger partial charge in [-0.15, -0.1) is 11.3 Å². The fraction of sp³-hybridized carbons (Fsp3) is 0.469. The maximum Gasteiger partial charge on any atom is 0.363 e. The van der Waals surface area contributed by atoms with Crippen LogP contribution in [0.5, 0.6) is 0 Å². The summed E-state index contributed by atoms with van der Waals surface area (Å²) in [5.74, 6) is -4.38. The Morgan fingerprint density at radius 3 is 2.57 bits per heavy atom. The van der Waals surface area contributed by atoms with Crippen LogP contribution in [-0.2, 0) is 21.2 Å². The van der Waals surface area contributed by atoms with Gasteiger partial charge in [-0.05, 0) is 66.5 Å². The zero-order valence-electron chi connectivity index (χ0n) is 25.6. The van der Waals surface area contributed by atoms with Gasteiger partial charge in [0.2, 0.25) is 17.7 Å². The molecule has 3 N–H and O–H groups in total. The summed E-state index contributed by atoms with van der Waals surface area (Å²) in [5.41, 5.74) is 0.309. The lowest BCUT2D eigenvalue weighted by molar-refractivity contribution is -0.146. The van der Waals surface area contributed by atoms with E-state index in [1.165, 1.54) is 34.9 Å². The molecule has 2 unspecified atom stereocenters. The van der Waals surface area contributed by atoms with E-state index in [0.29, 0.717) is 41.3 Å². The third-order valence-electron chi connectivity index (χ3n) is 9.61. The van der Waals surface area contributed by atoms with Gasteiger partial charge in [0.05, 0.1) is 16.9 Å². The maximum atomic E-state index is 14.3. The number of pyridine rings is 1. The molecule has 2 aromatic heterocycles. The first kappa shape index (κ1) is 33.0. The van der Waals surface area contributed by atoms with Crippen molar-refractivity contribution in [1.29, 1.82) is 5.26 Å². The molecule has 0 bridgehead atoms. The number of benzene rings is 1. The molecule has 248 valence electrons. The summed E-state index contributed by atoms with van der Waals surface area (Å²) in [6.45, 7) is 0.460. The first-order valence-electron chi connectivity index (χ1n) is 15.6. The van der Waals surface area contributed by atoms with Crippen LogP contribution in [0.15, 0.2) is 47.4 Å². The molecular weight excluding hydrogens is 648 g/mol. The van der Waals surface area contributed by atoms with Crippen molar-refractivity contribution in [1.82, 2.24) is 19.7 Å². The number of thiophene rings is 1. The highest BCUT2D eigenvalue weighted by Crippen LogP contribution is 2.53. The van der Waals surface area contributed by atoms with Crippen LogP contribution in [0.2, 0.25) is 0 Å². The second-order valence-corrected chi connectivity index (χ2v) is 15.3. The van der Waals surface area contributed by atoms with E-state index in [-0.39, 0.29) is 52.9 Å². The summed E-state index contributed by atoms with van der Waals surface area (Å²) in [7, 11) is -3.36. The van der Waals surface area contributed by atoms with E-state index in [1.54, 1.807) is 29.1 Å². The van der Waals surface area contributed by atoms with Crippen molar-refractivity contribution >= 4 is 46.7 Å². The Morgan fingerprint density at radius 1 is 1.09 bits per heavy atom. The van der Waals surface area contributed by atoms with E-state index in [1.807, 2.05) is 0 Å². The number of nitriles is 1. The van der Waals surface area contributed by atoms with Gasteiger partial charge < -0.3 is 29.5 Å². The van der Waals surface area contributed by atoms with Crippen LogP contribution in [0, 0.1) is 17.2 Å². The lowest BCUT2D eigenvalue weighted by atomic mass is 9.91. The summed E-state index contributed by atoms with van der Waals surface area (Å²) >= 11 is 1.11. The van der Waals surface area contributed by atoms with Crippen LogP contribution in [0.4, 0.5) is 4.39 Å². The molecule has 3 aromatic rings. The topological polar surface area (TPSA) is 173 Å². The first-order valence-corrected chi connectivity index (χ1v) is 18.1. The van der Waals surface area contributed by atoms with Crippen molar-refractivity contribution in [3.05, 3.63) is 69.0 Å². The lowest BCUT2D eigenvalue weighted by Crippen LogP contribution is -2.56. The van der Waals surface area contributed by atoms with Crippen LogP contribution in [0.3, 0.4) is 0 Å². The van der Waals surface area contributed by atoms with Gasteiger partial charge in [-0.1, -0.05) is 18.9 Å². The fourth-order valence-corrected chi connectivity index (χ4v) is 8.61. The van der Waals surface area contributed by atoms with Crippen molar-refractivity contribution < 1.29 is 33.1 Å². The minimum Gasteiger partial charge on any atom is -0.340 e. The molecule has 3 fully saturated rings. The Balaban J connectivity index is 1.19. The van der Waals surface area contributed by atoms with E-state index in [2.05, 4.69) is 11.4 Å². The number of aryl methyl sites for hydroxylation is 1. The minimum atomic E-state index is -5.00. The SMILES string of the molecule is Cn1ccc([C@H]2CN(C(=O)[C@@H]3CC[C@@H]4CCCCC(NC(=O)c5cc6cc(C(F)P(=O)(O)O)ccc6s5)C(=O)N43)C[C@@H]2C#N)cc1=O. The van der Waals surface area contributed by atoms with Gasteiger partial charge in [0.1, 0.15) is 12.1 Å². The average molecular weight is 684 g/mol. The smallest absolute Gasteiger partial charge is 0.340 e. The number of carbonyl (C=O) groups is 3. The number of nitrogens with one attached hydrogen (secondary N) is 1. The highest BCUT2D eigenvalue weighted by molar-refractivity contribution is 7.51. The van der Waals surface area contributed by atoms with Gasteiger partial charge in [0.15, 0.2) is 0 Å². The molecule has 0 radical (unpaired) electrons. The van der Waals surface area contributed by atoms with Crippen molar-refractivity contribution in [3.63, 3.8) is 0 Å². The summed E-state index contributed by atoms with van der Waals surface area (Å²) < 4.78 is 27.7. The number of hydrogen-bond donors (Lipinski definition) is 3. The number of alkyl halides is 1. The molecular formula is C32H35FN5O7PS. The largest absolute Gasteiger partial charge is 0.363 e. The number of likely N-dealkylation sites (tertiary alicyclic amines) is 1. The summed E-state index contributed by atoms with van der Waals surface area (Å²) in [5, 5.41) is 13.2. The highest BCUT2D eigenvalue weighted by Gasteiger charge is 2.47. The summed E-state index contributed by atoms with van der Waals surface area (Å²) in [6.07, 6.45) is 5.44. The zero-order chi connectivity index (χ0) is 33.6. The first-order chi connectivity index (χ1) is 22.3. The monoisotopic (exact) mass is 683 g/mol. The van der Waals surface area contributed by atoms with Gasteiger partial charge >= 0.3 is 7.60 Å². The Morgan fingerprint density at radius 2 is 1.85 bits per heavy atom. The molecule has 0 saturated carbocycles. The number of rotatable bonds is 6. The zero-order valence-corrected chi connectivity index (χ0v) is 27.3. The average Bonchev–Trinajstić information content (AvgIpc) is 3.78. The Bertz CT molecular complexity index is 1880. The number of halogens is 1. The van der Waals surface area contributed by atoms with Crippen LogP contribution >= 0.6 is 18.9 Å². The molecule has 3 aliphatic heterocycles. The lowest BCUT2D eigenvalue weighted by Gasteiger charge is -2.36. The van der Waals surface area contributed by atoms with Gasteiger partial charge in [-0.3, -0.25) is 23.7 Å². The number of aromatic nitrogens is 1. The van der Waals surface area contributed by atoms with Gasteiger partial charge in [0, 0.05) is 49.1 Å². The molecule has 12 nitrogen and oxygen atoms in total. The minimum absolute atomic E-state index is 0.149. The second-order valence-electron chi connectivity index (χ2n) is 12.6. The third-order valence-corrected chi connectivity index (χ3v) is 11.6. The number of amides is 3. The van der Waals surface area contributed by atoms with Gasteiger partial charge in [-0.25, -0.2) is 4.39 Å². The molecule has 1 aromatic carbocycles. The van der Waals surface area contributed by atoms with Crippen molar-refractivity contribution in [2.24, 2.45) is 13.0 Å². The molecule has 0 spiro atoms. The molecule has 6 atom stereocenters.